The predicted molar refractivity (Wildman–Crippen MR) is 87.4 cm³/mol. The van der Waals surface area contributed by atoms with E-state index in [-0.39, 0.29) is 24.3 Å². The Bertz CT molecular complexity index is 920. The highest BCUT2D eigenvalue weighted by atomic mass is 19.2. The summed E-state index contributed by atoms with van der Waals surface area (Å²) in [7, 11) is 0. The van der Waals surface area contributed by atoms with Crippen molar-refractivity contribution in [3.05, 3.63) is 89.5 Å². The number of hydrogen-bond donors (Lipinski definition) is 0. The standard InChI is InChI=1S/C19H14F2N2O2/c20-15-7-6-14(10-16(15)21)18(25)12-23-9-8-22-19(23)11-17(24)13-4-2-1-3-5-13/h1-10H,11-12H2. The van der Waals surface area contributed by atoms with Crippen LogP contribution >= 0.6 is 0 Å². The summed E-state index contributed by atoms with van der Waals surface area (Å²) in [4.78, 5) is 28.6. The predicted octanol–water partition coefficient (Wildman–Crippen LogP) is 3.47. The maximum Gasteiger partial charge on any atom is 0.182 e. The summed E-state index contributed by atoms with van der Waals surface area (Å²) in [5.74, 6) is -2.16. The van der Waals surface area contributed by atoms with E-state index in [0.717, 1.165) is 12.1 Å². The molecule has 4 nitrogen and oxygen atoms in total. The van der Waals surface area contributed by atoms with Gasteiger partial charge in [0.15, 0.2) is 23.2 Å². The van der Waals surface area contributed by atoms with Crippen LogP contribution in [0, 0.1) is 11.6 Å². The Morgan fingerprint density at radius 1 is 0.920 bits per heavy atom. The Labute approximate surface area is 142 Å². The Morgan fingerprint density at radius 2 is 1.68 bits per heavy atom. The molecule has 0 radical (unpaired) electrons. The first-order valence-electron chi connectivity index (χ1n) is 7.61. The van der Waals surface area contributed by atoms with Gasteiger partial charge in [-0.1, -0.05) is 30.3 Å². The van der Waals surface area contributed by atoms with Crippen molar-refractivity contribution in [1.82, 2.24) is 9.55 Å². The number of halogens is 2. The van der Waals surface area contributed by atoms with Gasteiger partial charge in [0.25, 0.3) is 0 Å². The molecule has 6 heteroatoms. The van der Waals surface area contributed by atoms with Gasteiger partial charge in [0.2, 0.25) is 0 Å². The molecule has 0 saturated carbocycles. The van der Waals surface area contributed by atoms with E-state index in [1.54, 1.807) is 30.5 Å². The molecular weight excluding hydrogens is 326 g/mol. The number of rotatable bonds is 6. The first kappa shape index (κ1) is 16.7. The van der Waals surface area contributed by atoms with Crippen LogP contribution in [-0.4, -0.2) is 21.1 Å². The van der Waals surface area contributed by atoms with E-state index < -0.39 is 17.4 Å². The molecule has 0 spiro atoms. The largest absolute Gasteiger partial charge is 0.327 e. The minimum atomic E-state index is -1.07. The van der Waals surface area contributed by atoms with Crippen molar-refractivity contribution in [2.75, 3.05) is 0 Å². The number of benzene rings is 2. The molecule has 126 valence electrons. The summed E-state index contributed by atoms with van der Waals surface area (Å²) in [5.41, 5.74) is 0.622. The van der Waals surface area contributed by atoms with Gasteiger partial charge in [-0.3, -0.25) is 9.59 Å². The lowest BCUT2D eigenvalue weighted by molar-refractivity contribution is 0.0957. The van der Waals surface area contributed by atoms with Crippen LogP contribution in [0.2, 0.25) is 0 Å². The number of nitrogens with zero attached hydrogens (tertiary/aromatic N) is 2. The number of imidazole rings is 1. The topological polar surface area (TPSA) is 52.0 Å². The Balaban J connectivity index is 1.74. The van der Waals surface area contributed by atoms with Crippen molar-refractivity contribution < 1.29 is 18.4 Å². The average molecular weight is 340 g/mol. The molecule has 3 rings (SSSR count). The van der Waals surface area contributed by atoms with Crippen molar-refractivity contribution >= 4 is 11.6 Å². The van der Waals surface area contributed by atoms with Gasteiger partial charge in [-0.2, -0.15) is 0 Å². The molecule has 0 aliphatic carbocycles. The monoisotopic (exact) mass is 340 g/mol. The SMILES string of the molecule is O=C(Cc1nccn1CC(=O)c1ccc(F)c(F)c1)c1ccccc1. The van der Waals surface area contributed by atoms with Gasteiger partial charge in [0, 0.05) is 23.5 Å². The van der Waals surface area contributed by atoms with E-state index in [9.17, 15) is 18.4 Å². The van der Waals surface area contributed by atoms with Gasteiger partial charge in [0.1, 0.15) is 5.82 Å². The molecule has 0 unspecified atom stereocenters. The molecule has 1 aromatic heterocycles. The van der Waals surface area contributed by atoms with Crippen molar-refractivity contribution in [3.8, 4) is 0 Å². The number of carbonyl (C=O) groups is 2. The number of Topliss-reactive ketones (excluding diaryl/α,β-unsaturated/α-hetero) is 2. The molecule has 0 saturated heterocycles. The van der Waals surface area contributed by atoms with E-state index in [2.05, 4.69) is 4.98 Å². The molecule has 0 atom stereocenters. The van der Waals surface area contributed by atoms with E-state index in [4.69, 9.17) is 0 Å². The Kier molecular flexibility index (Phi) is 4.79. The van der Waals surface area contributed by atoms with Crippen molar-refractivity contribution in [3.63, 3.8) is 0 Å². The summed E-state index contributed by atoms with van der Waals surface area (Å²) < 4.78 is 27.8. The van der Waals surface area contributed by atoms with Gasteiger partial charge in [-0.05, 0) is 18.2 Å². The third kappa shape index (κ3) is 3.85. The molecule has 0 amide bonds. The summed E-state index contributed by atoms with van der Waals surface area (Å²) >= 11 is 0. The molecule has 0 fully saturated rings. The maximum absolute atomic E-state index is 13.3. The lowest BCUT2D eigenvalue weighted by Crippen LogP contribution is -2.15. The number of hydrogen-bond acceptors (Lipinski definition) is 3. The zero-order chi connectivity index (χ0) is 17.8. The summed E-state index contributed by atoms with van der Waals surface area (Å²) in [5, 5.41) is 0. The van der Waals surface area contributed by atoms with Crippen LogP contribution in [0.3, 0.4) is 0 Å². The molecule has 25 heavy (non-hydrogen) atoms. The van der Waals surface area contributed by atoms with Crippen LogP contribution < -0.4 is 0 Å². The van der Waals surface area contributed by atoms with Crippen LogP contribution in [0.25, 0.3) is 0 Å². The highest BCUT2D eigenvalue weighted by molar-refractivity contribution is 5.97. The fourth-order valence-electron chi connectivity index (χ4n) is 2.44. The zero-order valence-electron chi connectivity index (χ0n) is 13.2. The number of ketones is 2. The molecule has 2 aromatic carbocycles. The lowest BCUT2D eigenvalue weighted by Gasteiger charge is -2.07. The molecule has 3 aromatic rings. The minimum absolute atomic E-state index is 0.0437. The molecule has 0 aliphatic heterocycles. The third-order valence-corrected chi connectivity index (χ3v) is 3.77. The summed E-state index contributed by atoms with van der Waals surface area (Å²) in [6, 6.07) is 11.8. The van der Waals surface area contributed by atoms with Crippen molar-refractivity contribution in [2.45, 2.75) is 13.0 Å². The van der Waals surface area contributed by atoms with E-state index in [1.807, 2.05) is 6.07 Å². The third-order valence-electron chi connectivity index (χ3n) is 3.77. The molecule has 0 bridgehead atoms. The Morgan fingerprint density at radius 3 is 2.40 bits per heavy atom. The Hall–Kier alpha value is -3.15. The highest BCUT2D eigenvalue weighted by Gasteiger charge is 2.15. The van der Waals surface area contributed by atoms with Crippen molar-refractivity contribution in [2.24, 2.45) is 0 Å². The van der Waals surface area contributed by atoms with Gasteiger partial charge in [-0.15, -0.1) is 0 Å². The minimum Gasteiger partial charge on any atom is -0.327 e. The summed E-state index contributed by atoms with van der Waals surface area (Å²) in [6.07, 6.45) is 3.11. The van der Waals surface area contributed by atoms with Crippen LogP contribution in [0.15, 0.2) is 60.9 Å². The molecular formula is C19H14F2N2O2. The van der Waals surface area contributed by atoms with Gasteiger partial charge in [0.05, 0.1) is 13.0 Å². The first-order chi connectivity index (χ1) is 12.0. The fraction of sp³-hybridized carbons (Fsp3) is 0.105. The fourth-order valence-corrected chi connectivity index (χ4v) is 2.44. The van der Waals surface area contributed by atoms with Crippen molar-refractivity contribution in [1.29, 1.82) is 0 Å². The normalized spacial score (nSPS) is 10.6. The first-order valence-corrected chi connectivity index (χ1v) is 7.61. The average Bonchev–Trinajstić information content (AvgIpc) is 3.04. The highest BCUT2D eigenvalue weighted by Crippen LogP contribution is 2.12. The number of aromatic nitrogens is 2. The lowest BCUT2D eigenvalue weighted by atomic mass is 10.1. The van der Waals surface area contributed by atoms with Gasteiger partial charge in [-0.25, -0.2) is 13.8 Å². The van der Waals surface area contributed by atoms with E-state index in [1.165, 1.54) is 16.8 Å². The second-order valence-corrected chi connectivity index (χ2v) is 5.49. The molecule has 0 aliphatic rings. The number of carbonyl (C=O) groups excluding carboxylic acids is 2. The smallest absolute Gasteiger partial charge is 0.182 e. The van der Waals surface area contributed by atoms with Crippen LogP contribution in [0.4, 0.5) is 8.78 Å². The maximum atomic E-state index is 13.3. The van der Waals surface area contributed by atoms with Crippen LogP contribution in [0.5, 0.6) is 0 Å². The van der Waals surface area contributed by atoms with E-state index >= 15 is 0 Å². The van der Waals surface area contributed by atoms with Gasteiger partial charge >= 0.3 is 0 Å². The van der Waals surface area contributed by atoms with E-state index in [0.29, 0.717) is 11.4 Å². The summed E-state index contributed by atoms with van der Waals surface area (Å²) in [6.45, 7) is -0.109. The zero-order valence-corrected chi connectivity index (χ0v) is 13.2. The second-order valence-electron chi connectivity index (χ2n) is 5.49. The molecule has 1 heterocycles. The van der Waals surface area contributed by atoms with Crippen LogP contribution in [0.1, 0.15) is 26.5 Å². The van der Waals surface area contributed by atoms with Gasteiger partial charge < -0.3 is 4.57 Å². The van der Waals surface area contributed by atoms with Crippen LogP contribution in [-0.2, 0) is 13.0 Å². The second kappa shape index (κ2) is 7.17. The molecule has 0 N–H and O–H groups in total. The quantitative estimate of drug-likeness (QED) is 0.646.